The van der Waals surface area contributed by atoms with Gasteiger partial charge in [-0.2, -0.15) is 4.98 Å². The number of fused-ring (bicyclic) bond motifs is 1. The van der Waals surface area contributed by atoms with E-state index in [2.05, 4.69) is 20.2 Å². The number of aromatic nitrogens is 2. The van der Waals surface area contributed by atoms with Crippen LogP contribution in [0.4, 0.5) is 5.82 Å². The van der Waals surface area contributed by atoms with Crippen molar-refractivity contribution in [1.82, 2.24) is 15.3 Å². The quantitative estimate of drug-likeness (QED) is 0.735. The van der Waals surface area contributed by atoms with E-state index < -0.39 is 0 Å². The molecule has 1 aliphatic rings. The number of hydrogen-bond donors (Lipinski definition) is 1. The molecule has 3 aromatic rings. The highest BCUT2D eigenvalue weighted by molar-refractivity contribution is 6.30. The first-order valence-corrected chi connectivity index (χ1v) is 9.46. The van der Waals surface area contributed by atoms with E-state index in [1.165, 1.54) is 0 Å². The van der Waals surface area contributed by atoms with E-state index in [0.717, 1.165) is 37.3 Å². The largest absolute Gasteiger partial charge is 0.442 e. The Bertz CT molecular complexity index is 1010. The molecule has 7 heteroatoms. The maximum absolute atomic E-state index is 13.0. The van der Waals surface area contributed by atoms with Crippen molar-refractivity contribution in [3.8, 4) is 0 Å². The standard InChI is InChI=1S/C20H21ClN4O2/c1-12-16(19(26)22-11-14-6-5-7-15(21)10-14)17-18(25-8-3-4-9-25)23-13(2)24-20(17)27-12/h5-7,10H,3-4,8-9,11H2,1-2H3,(H,22,26). The number of carbonyl (C=O) groups excluding carboxylic acids is 1. The van der Waals surface area contributed by atoms with Gasteiger partial charge in [-0.1, -0.05) is 23.7 Å². The zero-order valence-corrected chi connectivity index (χ0v) is 16.1. The lowest BCUT2D eigenvalue weighted by atomic mass is 10.1. The van der Waals surface area contributed by atoms with Gasteiger partial charge in [-0.3, -0.25) is 4.79 Å². The van der Waals surface area contributed by atoms with Gasteiger partial charge in [0.25, 0.3) is 5.91 Å². The van der Waals surface area contributed by atoms with Gasteiger partial charge in [0.15, 0.2) is 0 Å². The van der Waals surface area contributed by atoms with Crippen molar-refractivity contribution < 1.29 is 9.21 Å². The Morgan fingerprint density at radius 2 is 2.04 bits per heavy atom. The van der Waals surface area contributed by atoms with Crippen molar-refractivity contribution in [2.24, 2.45) is 0 Å². The molecule has 3 heterocycles. The molecule has 27 heavy (non-hydrogen) atoms. The zero-order valence-electron chi connectivity index (χ0n) is 15.4. The topological polar surface area (TPSA) is 71.3 Å². The number of nitrogens with one attached hydrogen (secondary N) is 1. The van der Waals surface area contributed by atoms with Crippen molar-refractivity contribution >= 4 is 34.4 Å². The van der Waals surface area contributed by atoms with Crippen LogP contribution in [0.2, 0.25) is 5.02 Å². The molecule has 0 atom stereocenters. The van der Waals surface area contributed by atoms with Crippen molar-refractivity contribution in [3.05, 3.63) is 52.0 Å². The average molecular weight is 385 g/mol. The van der Waals surface area contributed by atoms with Gasteiger partial charge in [-0.25, -0.2) is 4.98 Å². The first kappa shape index (κ1) is 17.8. The van der Waals surface area contributed by atoms with Crippen LogP contribution in [-0.2, 0) is 6.54 Å². The Kier molecular flexibility index (Phi) is 4.74. The minimum absolute atomic E-state index is 0.195. The number of halogens is 1. The van der Waals surface area contributed by atoms with Crippen LogP contribution in [0.1, 0.15) is 40.3 Å². The van der Waals surface area contributed by atoms with Crippen LogP contribution < -0.4 is 10.2 Å². The fourth-order valence-electron chi connectivity index (χ4n) is 3.55. The number of rotatable bonds is 4. The molecule has 1 fully saturated rings. The summed E-state index contributed by atoms with van der Waals surface area (Å²) >= 11 is 6.02. The van der Waals surface area contributed by atoms with Crippen LogP contribution in [0.5, 0.6) is 0 Å². The molecule has 4 rings (SSSR count). The van der Waals surface area contributed by atoms with E-state index in [0.29, 0.717) is 39.8 Å². The van der Waals surface area contributed by atoms with E-state index >= 15 is 0 Å². The normalized spacial score (nSPS) is 14.1. The zero-order chi connectivity index (χ0) is 19.0. The number of carbonyl (C=O) groups is 1. The lowest BCUT2D eigenvalue weighted by Gasteiger charge is -2.18. The molecular weight excluding hydrogens is 364 g/mol. The molecule has 0 spiro atoms. The summed E-state index contributed by atoms with van der Waals surface area (Å²) in [7, 11) is 0. The minimum Gasteiger partial charge on any atom is -0.442 e. The first-order chi connectivity index (χ1) is 13.0. The third kappa shape index (κ3) is 3.49. The molecule has 0 aliphatic carbocycles. The lowest BCUT2D eigenvalue weighted by molar-refractivity contribution is 0.0951. The lowest BCUT2D eigenvalue weighted by Crippen LogP contribution is -2.25. The van der Waals surface area contributed by atoms with Crippen LogP contribution in [-0.4, -0.2) is 29.0 Å². The van der Waals surface area contributed by atoms with E-state index in [1.807, 2.05) is 31.2 Å². The molecule has 1 saturated heterocycles. The molecule has 1 N–H and O–H groups in total. The van der Waals surface area contributed by atoms with E-state index in [9.17, 15) is 4.79 Å². The van der Waals surface area contributed by atoms with Gasteiger partial charge < -0.3 is 14.6 Å². The maximum atomic E-state index is 13.0. The second kappa shape index (κ2) is 7.19. The predicted octanol–water partition coefficient (Wildman–Crippen LogP) is 4.02. The molecule has 1 aliphatic heterocycles. The molecule has 0 radical (unpaired) electrons. The van der Waals surface area contributed by atoms with Gasteiger partial charge >= 0.3 is 0 Å². The van der Waals surface area contributed by atoms with Gasteiger partial charge in [0.1, 0.15) is 17.4 Å². The van der Waals surface area contributed by atoms with Crippen molar-refractivity contribution in [1.29, 1.82) is 0 Å². The van der Waals surface area contributed by atoms with Crippen LogP contribution in [0.15, 0.2) is 28.7 Å². The summed E-state index contributed by atoms with van der Waals surface area (Å²) in [5.74, 6) is 1.79. The average Bonchev–Trinajstić information content (AvgIpc) is 3.26. The highest BCUT2D eigenvalue weighted by atomic mass is 35.5. The van der Waals surface area contributed by atoms with Crippen molar-refractivity contribution in [2.75, 3.05) is 18.0 Å². The Labute approximate surface area is 162 Å². The molecule has 140 valence electrons. The number of nitrogens with zero attached hydrogens (tertiary/aromatic N) is 3. The molecule has 0 unspecified atom stereocenters. The Balaban J connectivity index is 1.70. The summed E-state index contributed by atoms with van der Waals surface area (Å²) < 4.78 is 5.81. The van der Waals surface area contributed by atoms with Crippen LogP contribution in [0.3, 0.4) is 0 Å². The third-order valence-corrected chi connectivity index (χ3v) is 5.03. The summed E-state index contributed by atoms with van der Waals surface area (Å²) in [6.07, 6.45) is 2.25. The third-order valence-electron chi connectivity index (χ3n) is 4.80. The monoisotopic (exact) mass is 384 g/mol. The number of aryl methyl sites for hydroxylation is 2. The maximum Gasteiger partial charge on any atom is 0.255 e. The number of amides is 1. The molecular formula is C20H21ClN4O2. The summed E-state index contributed by atoms with van der Waals surface area (Å²) in [4.78, 5) is 24.2. The Morgan fingerprint density at radius 1 is 1.26 bits per heavy atom. The highest BCUT2D eigenvalue weighted by Crippen LogP contribution is 2.33. The van der Waals surface area contributed by atoms with Crippen molar-refractivity contribution in [3.63, 3.8) is 0 Å². The van der Waals surface area contributed by atoms with Gasteiger partial charge in [-0.15, -0.1) is 0 Å². The smallest absolute Gasteiger partial charge is 0.255 e. The Hall–Kier alpha value is -2.60. The number of benzene rings is 1. The number of anilines is 1. The van der Waals surface area contributed by atoms with E-state index in [-0.39, 0.29) is 5.91 Å². The molecule has 1 aromatic carbocycles. The fourth-order valence-corrected chi connectivity index (χ4v) is 3.76. The first-order valence-electron chi connectivity index (χ1n) is 9.08. The van der Waals surface area contributed by atoms with Gasteiger partial charge in [0.05, 0.1) is 10.9 Å². The summed E-state index contributed by atoms with van der Waals surface area (Å²) in [5, 5.41) is 4.31. The molecule has 0 saturated carbocycles. The number of hydrogen-bond acceptors (Lipinski definition) is 5. The van der Waals surface area contributed by atoms with E-state index in [1.54, 1.807) is 6.92 Å². The predicted molar refractivity (Wildman–Crippen MR) is 105 cm³/mol. The highest BCUT2D eigenvalue weighted by Gasteiger charge is 2.26. The summed E-state index contributed by atoms with van der Waals surface area (Å²) in [5.41, 5.74) is 1.91. The fraction of sp³-hybridized carbons (Fsp3) is 0.350. The SMILES string of the molecule is Cc1nc(N2CCCC2)c2c(C(=O)NCc3cccc(Cl)c3)c(C)oc2n1. The number of furan rings is 1. The minimum atomic E-state index is -0.195. The molecule has 2 aromatic heterocycles. The van der Waals surface area contributed by atoms with E-state index in [4.69, 9.17) is 16.0 Å². The Morgan fingerprint density at radius 3 is 2.78 bits per heavy atom. The van der Waals surface area contributed by atoms with Crippen LogP contribution in [0, 0.1) is 13.8 Å². The van der Waals surface area contributed by atoms with Crippen molar-refractivity contribution in [2.45, 2.75) is 33.2 Å². The molecule has 1 amide bonds. The van der Waals surface area contributed by atoms with Gasteiger partial charge in [-0.05, 0) is 44.4 Å². The second-order valence-electron chi connectivity index (χ2n) is 6.81. The summed E-state index contributed by atoms with van der Waals surface area (Å²) in [6.45, 7) is 5.88. The van der Waals surface area contributed by atoms with Gasteiger partial charge in [0.2, 0.25) is 5.71 Å². The van der Waals surface area contributed by atoms with Crippen LogP contribution >= 0.6 is 11.6 Å². The second-order valence-corrected chi connectivity index (χ2v) is 7.25. The molecule has 0 bridgehead atoms. The molecule has 6 nitrogen and oxygen atoms in total. The van der Waals surface area contributed by atoms with Gasteiger partial charge in [0, 0.05) is 24.7 Å². The van der Waals surface area contributed by atoms with Crippen LogP contribution in [0.25, 0.3) is 11.1 Å². The summed E-state index contributed by atoms with van der Waals surface area (Å²) in [6, 6.07) is 7.44.